The highest BCUT2D eigenvalue weighted by molar-refractivity contribution is 5.76. The van der Waals surface area contributed by atoms with E-state index < -0.39 is 49.5 Å². The van der Waals surface area contributed by atoms with Crippen molar-refractivity contribution in [2.75, 3.05) is 13.2 Å². The molecule has 0 spiro atoms. The molecule has 0 aliphatic carbocycles. The quantitative estimate of drug-likeness (QED) is 0.0261. The molecule has 9 nitrogen and oxygen atoms in total. The van der Waals surface area contributed by atoms with Crippen LogP contribution in [0.4, 0.5) is 0 Å². The van der Waals surface area contributed by atoms with Crippen molar-refractivity contribution in [3.05, 3.63) is 12.2 Å². The van der Waals surface area contributed by atoms with E-state index in [0.29, 0.717) is 6.42 Å². The van der Waals surface area contributed by atoms with Gasteiger partial charge in [-0.2, -0.15) is 0 Å². The van der Waals surface area contributed by atoms with E-state index in [1.54, 1.807) is 6.08 Å². The molecule has 0 aromatic rings. The number of allylic oxidation sites excluding steroid dienone is 1. The number of hydrogen-bond donors (Lipinski definition) is 6. The van der Waals surface area contributed by atoms with Gasteiger partial charge in [-0.3, -0.25) is 4.79 Å². The van der Waals surface area contributed by atoms with Gasteiger partial charge in [0.2, 0.25) is 5.91 Å². The minimum atomic E-state index is -1.56. The third kappa shape index (κ3) is 45.6. The summed E-state index contributed by atoms with van der Waals surface area (Å²) in [6.45, 7) is 3.83. The number of rotatable bonds is 60. The van der Waals surface area contributed by atoms with E-state index >= 15 is 0 Å². The molecule has 0 aromatic carbocycles. The van der Waals surface area contributed by atoms with Crippen molar-refractivity contribution < 1.29 is 39.8 Å². The summed E-state index contributed by atoms with van der Waals surface area (Å²) in [5.74, 6) is -0.168. The second-order valence-electron chi connectivity index (χ2n) is 24.0. The topological polar surface area (TPSA) is 149 Å². The fraction of sp³-hybridized carbons (Fsp3) is 0.955. The second kappa shape index (κ2) is 57.2. The number of unbranched alkanes of at least 4 members (excludes halogenated alkanes) is 50. The monoisotopic (exact) mass is 1080 g/mol. The van der Waals surface area contributed by atoms with Crippen molar-refractivity contribution >= 4 is 5.91 Å². The average Bonchev–Trinajstić information content (AvgIpc) is 3.42. The lowest BCUT2D eigenvalue weighted by molar-refractivity contribution is -0.302. The number of amides is 1. The van der Waals surface area contributed by atoms with Crippen LogP contribution in [0.2, 0.25) is 0 Å². The molecule has 0 aromatic heterocycles. The molecular formula is C67H131NO8. The molecule has 1 aliphatic heterocycles. The normalized spacial score (nSPS) is 18.8. The summed E-state index contributed by atoms with van der Waals surface area (Å²) in [6.07, 6.45) is 66.1. The summed E-state index contributed by atoms with van der Waals surface area (Å²) in [5, 5.41) is 54.6. The highest BCUT2D eigenvalue weighted by Crippen LogP contribution is 2.23. The fourth-order valence-electron chi connectivity index (χ4n) is 11.3. The van der Waals surface area contributed by atoms with Gasteiger partial charge in [-0.25, -0.2) is 0 Å². The molecule has 2 unspecified atom stereocenters. The molecule has 7 atom stereocenters. The van der Waals surface area contributed by atoms with E-state index in [4.69, 9.17) is 9.47 Å². The lowest BCUT2D eigenvalue weighted by Gasteiger charge is -2.40. The summed E-state index contributed by atoms with van der Waals surface area (Å²) in [4.78, 5) is 13.1. The third-order valence-corrected chi connectivity index (χ3v) is 16.6. The molecule has 0 saturated carbocycles. The second-order valence-corrected chi connectivity index (χ2v) is 24.0. The first kappa shape index (κ1) is 72.9. The van der Waals surface area contributed by atoms with Gasteiger partial charge in [0.15, 0.2) is 6.29 Å². The van der Waals surface area contributed by atoms with E-state index in [9.17, 15) is 30.3 Å². The molecule has 452 valence electrons. The zero-order chi connectivity index (χ0) is 55.0. The Labute approximate surface area is 471 Å². The number of carbonyl (C=O) groups excluding carboxylic acids is 1. The number of aliphatic hydroxyl groups excluding tert-OH is 5. The summed E-state index contributed by atoms with van der Waals surface area (Å²) in [7, 11) is 0. The molecule has 1 aliphatic rings. The highest BCUT2D eigenvalue weighted by Gasteiger charge is 2.44. The molecule has 0 bridgehead atoms. The zero-order valence-electron chi connectivity index (χ0n) is 50.5. The van der Waals surface area contributed by atoms with Crippen LogP contribution in [0.3, 0.4) is 0 Å². The number of hydrogen-bond acceptors (Lipinski definition) is 8. The Morgan fingerprint density at radius 3 is 1.03 bits per heavy atom. The van der Waals surface area contributed by atoms with Gasteiger partial charge >= 0.3 is 0 Å². The minimum absolute atomic E-state index is 0.168. The van der Waals surface area contributed by atoms with Gasteiger partial charge in [0, 0.05) is 6.42 Å². The maximum Gasteiger partial charge on any atom is 0.220 e. The van der Waals surface area contributed by atoms with E-state index in [2.05, 4.69) is 19.2 Å². The van der Waals surface area contributed by atoms with Crippen LogP contribution < -0.4 is 5.32 Å². The standard InChI is InChI=1S/C67H131NO8/c1-3-5-7-9-11-13-15-17-19-21-22-23-24-25-26-27-28-29-30-31-32-33-34-35-36-37-38-39-41-43-45-47-49-51-53-55-57-63(71)68-60(59-75-67-66(74)65(73)64(72)62(58-69)76-67)61(70)56-54-52-50-48-46-44-42-40-20-18-16-14-12-10-8-6-4-2/h54,56,60-62,64-67,69-70,72-74H,3-53,55,57-59H2,1-2H3,(H,68,71)/b56-54+/t60-,61+,62+,64+,65?,66?,67+/m0/s1. The predicted molar refractivity (Wildman–Crippen MR) is 323 cm³/mol. The number of aliphatic hydroxyl groups is 5. The summed E-state index contributed by atoms with van der Waals surface area (Å²) in [5.41, 5.74) is 0. The average molecular weight is 1080 g/mol. The van der Waals surface area contributed by atoms with E-state index in [1.165, 1.54) is 295 Å². The summed E-state index contributed by atoms with van der Waals surface area (Å²) in [6, 6.07) is -0.801. The molecule has 0 radical (unpaired) electrons. The first-order valence-electron chi connectivity index (χ1n) is 33.9. The largest absolute Gasteiger partial charge is 0.394 e. The maximum absolute atomic E-state index is 13.1. The van der Waals surface area contributed by atoms with Gasteiger partial charge in [-0.15, -0.1) is 0 Å². The molecule has 1 fully saturated rings. The Hall–Kier alpha value is -1.07. The SMILES string of the molecule is CCCCCCCCCCCCCCCCC/C=C/[C@@H](O)[C@H](CO[C@@H]1O[C@H](CO)[C@@H](O)C(O)C1O)NC(=O)CCCCCCCCCCCCCCCCCCCCCCCCCCCCCCCCCCCCCC. The van der Waals surface area contributed by atoms with Crippen molar-refractivity contribution in [2.24, 2.45) is 0 Å². The lowest BCUT2D eigenvalue weighted by Crippen LogP contribution is -2.60. The van der Waals surface area contributed by atoms with Gasteiger partial charge in [-0.1, -0.05) is 341 Å². The minimum Gasteiger partial charge on any atom is -0.394 e. The van der Waals surface area contributed by atoms with Gasteiger partial charge < -0.3 is 40.3 Å². The van der Waals surface area contributed by atoms with Crippen LogP contribution >= 0.6 is 0 Å². The number of ether oxygens (including phenoxy) is 2. The van der Waals surface area contributed by atoms with E-state index in [-0.39, 0.29) is 12.5 Å². The van der Waals surface area contributed by atoms with E-state index in [1.807, 2.05) is 6.08 Å². The van der Waals surface area contributed by atoms with Crippen molar-refractivity contribution in [3.8, 4) is 0 Å². The maximum atomic E-state index is 13.1. The molecule has 1 amide bonds. The Bertz CT molecular complexity index is 1200. The first-order chi connectivity index (χ1) is 37.3. The summed E-state index contributed by atoms with van der Waals surface area (Å²) < 4.78 is 11.3. The van der Waals surface area contributed by atoms with Crippen molar-refractivity contribution in [3.63, 3.8) is 0 Å². The van der Waals surface area contributed by atoms with Crippen LogP contribution in [0, 0.1) is 0 Å². The van der Waals surface area contributed by atoms with Gasteiger partial charge in [0.05, 0.1) is 25.4 Å². The van der Waals surface area contributed by atoms with Gasteiger partial charge in [0.25, 0.3) is 0 Å². The van der Waals surface area contributed by atoms with Crippen LogP contribution in [0.5, 0.6) is 0 Å². The van der Waals surface area contributed by atoms with Crippen molar-refractivity contribution in [1.82, 2.24) is 5.32 Å². The predicted octanol–water partition coefficient (Wildman–Crippen LogP) is 17.9. The fourth-order valence-corrected chi connectivity index (χ4v) is 11.3. The Kier molecular flexibility index (Phi) is 54.9. The molecular weight excluding hydrogens is 947 g/mol. The first-order valence-corrected chi connectivity index (χ1v) is 33.9. The Morgan fingerprint density at radius 2 is 0.724 bits per heavy atom. The van der Waals surface area contributed by atoms with E-state index in [0.717, 1.165) is 38.5 Å². The molecule has 6 N–H and O–H groups in total. The van der Waals surface area contributed by atoms with Crippen molar-refractivity contribution in [1.29, 1.82) is 0 Å². The smallest absolute Gasteiger partial charge is 0.220 e. The van der Waals surface area contributed by atoms with Crippen LogP contribution in [-0.4, -0.2) is 87.5 Å². The number of nitrogens with one attached hydrogen (secondary N) is 1. The van der Waals surface area contributed by atoms with Crippen molar-refractivity contribution in [2.45, 2.75) is 397 Å². The van der Waals surface area contributed by atoms with Crippen LogP contribution in [-0.2, 0) is 14.3 Å². The molecule has 1 saturated heterocycles. The van der Waals surface area contributed by atoms with Crippen LogP contribution in [0.1, 0.15) is 354 Å². The molecule has 76 heavy (non-hydrogen) atoms. The highest BCUT2D eigenvalue weighted by atomic mass is 16.7. The summed E-state index contributed by atoms with van der Waals surface area (Å²) >= 11 is 0. The molecule has 1 heterocycles. The zero-order valence-corrected chi connectivity index (χ0v) is 50.5. The number of carbonyl (C=O) groups is 1. The third-order valence-electron chi connectivity index (χ3n) is 16.6. The lowest BCUT2D eigenvalue weighted by atomic mass is 9.99. The van der Waals surface area contributed by atoms with Crippen LogP contribution in [0.15, 0.2) is 12.2 Å². The van der Waals surface area contributed by atoms with Gasteiger partial charge in [-0.05, 0) is 19.3 Å². The molecule has 9 heteroatoms. The van der Waals surface area contributed by atoms with Gasteiger partial charge in [0.1, 0.15) is 24.4 Å². The molecule has 1 rings (SSSR count). The Balaban J connectivity index is 2.06. The van der Waals surface area contributed by atoms with Crippen LogP contribution in [0.25, 0.3) is 0 Å². The Morgan fingerprint density at radius 1 is 0.434 bits per heavy atom.